The Morgan fingerprint density at radius 3 is 2.42 bits per heavy atom. The van der Waals surface area contributed by atoms with Crippen LogP contribution >= 0.6 is 0 Å². The summed E-state index contributed by atoms with van der Waals surface area (Å²) in [5.41, 5.74) is -0.704. The largest absolute Gasteiger partial charge is 0.493 e. The first kappa shape index (κ1) is 15.8. The van der Waals surface area contributed by atoms with Gasteiger partial charge in [0.25, 0.3) is 0 Å². The Hall–Kier alpha value is -1.23. The Morgan fingerprint density at radius 2 is 1.74 bits per heavy atom. The van der Waals surface area contributed by atoms with Gasteiger partial charge in [-0.15, -0.1) is 0 Å². The maximum Gasteiger partial charge on any atom is 0.419 e. The van der Waals surface area contributed by atoms with Crippen molar-refractivity contribution < 1.29 is 17.9 Å². The maximum atomic E-state index is 12.7. The molecular weight excluding hydrogens is 255 g/mol. The molecule has 0 unspecified atom stereocenters. The van der Waals surface area contributed by atoms with Gasteiger partial charge in [-0.1, -0.05) is 25.0 Å². The molecule has 0 spiro atoms. The molecule has 0 aliphatic heterocycles. The highest BCUT2D eigenvalue weighted by Gasteiger charge is 2.33. The van der Waals surface area contributed by atoms with Crippen LogP contribution in [0, 0.1) is 0 Å². The molecule has 0 aliphatic rings. The first-order chi connectivity index (χ1) is 9.05. The van der Waals surface area contributed by atoms with Gasteiger partial charge >= 0.3 is 6.18 Å². The second-order valence-corrected chi connectivity index (χ2v) is 4.36. The third-order valence-corrected chi connectivity index (χ3v) is 2.77. The van der Waals surface area contributed by atoms with Crippen molar-refractivity contribution in [1.29, 1.82) is 0 Å². The average Bonchev–Trinajstić information content (AvgIpc) is 2.37. The van der Waals surface area contributed by atoms with Crippen molar-refractivity contribution >= 4 is 0 Å². The minimum Gasteiger partial charge on any atom is -0.493 e. The molecular formula is C14H20F3NO. The number of unbranched alkanes of at least 4 members (excludes halogenated alkanes) is 3. The third-order valence-electron chi connectivity index (χ3n) is 2.77. The Kier molecular flexibility index (Phi) is 6.70. The van der Waals surface area contributed by atoms with Crippen LogP contribution in [-0.2, 0) is 6.18 Å². The predicted molar refractivity (Wildman–Crippen MR) is 69.3 cm³/mol. The van der Waals surface area contributed by atoms with Gasteiger partial charge in [-0.2, -0.15) is 13.2 Å². The lowest BCUT2D eigenvalue weighted by atomic mass is 10.2. The average molecular weight is 275 g/mol. The van der Waals surface area contributed by atoms with Gasteiger partial charge in [-0.25, -0.2) is 0 Å². The van der Waals surface area contributed by atoms with Crippen molar-refractivity contribution in [3.8, 4) is 5.75 Å². The van der Waals surface area contributed by atoms with E-state index in [0.717, 1.165) is 38.3 Å². The summed E-state index contributed by atoms with van der Waals surface area (Å²) in [4.78, 5) is 0. The molecule has 0 aliphatic carbocycles. The molecule has 0 fully saturated rings. The van der Waals surface area contributed by atoms with Crippen LogP contribution in [0.15, 0.2) is 24.3 Å². The van der Waals surface area contributed by atoms with Crippen molar-refractivity contribution in [3.63, 3.8) is 0 Å². The predicted octanol–water partition coefficient (Wildman–Crippen LogP) is 3.86. The fraction of sp³-hybridized carbons (Fsp3) is 0.571. The number of nitrogens with one attached hydrogen (secondary N) is 1. The Bertz CT molecular complexity index is 366. The van der Waals surface area contributed by atoms with Crippen LogP contribution < -0.4 is 10.1 Å². The summed E-state index contributed by atoms with van der Waals surface area (Å²) in [5.74, 6) is -0.0785. The fourth-order valence-electron chi connectivity index (χ4n) is 1.77. The van der Waals surface area contributed by atoms with Gasteiger partial charge in [-0.05, 0) is 38.6 Å². The molecule has 0 saturated carbocycles. The zero-order chi connectivity index (χ0) is 14.1. The van der Waals surface area contributed by atoms with Gasteiger partial charge in [0.05, 0.1) is 12.2 Å². The molecule has 0 amide bonds. The first-order valence-corrected chi connectivity index (χ1v) is 6.49. The topological polar surface area (TPSA) is 21.3 Å². The van der Waals surface area contributed by atoms with Crippen LogP contribution in [0.25, 0.3) is 0 Å². The summed E-state index contributed by atoms with van der Waals surface area (Å²) >= 11 is 0. The van der Waals surface area contributed by atoms with Gasteiger partial charge < -0.3 is 10.1 Å². The summed E-state index contributed by atoms with van der Waals surface area (Å²) in [5, 5.41) is 3.05. The number of ether oxygens (including phenoxy) is 1. The van der Waals surface area contributed by atoms with E-state index in [-0.39, 0.29) is 5.75 Å². The summed E-state index contributed by atoms with van der Waals surface area (Å²) in [7, 11) is 1.90. The van der Waals surface area contributed by atoms with Gasteiger partial charge in [0.15, 0.2) is 0 Å². The second-order valence-electron chi connectivity index (χ2n) is 4.36. The number of rotatable bonds is 8. The van der Waals surface area contributed by atoms with Crippen LogP contribution in [0.4, 0.5) is 13.2 Å². The highest BCUT2D eigenvalue weighted by molar-refractivity contribution is 5.35. The summed E-state index contributed by atoms with van der Waals surface area (Å²) in [6.45, 7) is 1.30. The van der Waals surface area contributed by atoms with E-state index in [4.69, 9.17) is 4.74 Å². The van der Waals surface area contributed by atoms with Gasteiger partial charge in [-0.3, -0.25) is 0 Å². The van der Waals surface area contributed by atoms with E-state index in [2.05, 4.69) is 5.32 Å². The minimum atomic E-state index is -4.36. The smallest absolute Gasteiger partial charge is 0.419 e. The van der Waals surface area contributed by atoms with Crippen LogP contribution in [0.1, 0.15) is 31.2 Å². The summed E-state index contributed by atoms with van der Waals surface area (Å²) < 4.78 is 43.3. The molecule has 1 rings (SSSR count). The van der Waals surface area contributed by atoms with Gasteiger partial charge in [0, 0.05) is 0 Å². The van der Waals surface area contributed by atoms with Crippen molar-refractivity contribution in [3.05, 3.63) is 29.8 Å². The number of alkyl halides is 3. The van der Waals surface area contributed by atoms with E-state index >= 15 is 0 Å². The zero-order valence-corrected chi connectivity index (χ0v) is 11.1. The number of para-hydroxylation sites is 1. The number of benzene rings is 1. The van der Waals surface area contributed by atoms with Crippen LogP contribution in [-0.4, -0.2) is 20.2 Å². The molecule has 1 aromatic rings. The summed E-state index contributed by atoms with van der Waals surface area (Å²) in [6, 6.07) is 5.33. The van der Waals surface area contributed by atoms with E-state index in [9.17, 15) is 13.2 Å². The third kappa shape index (κ3) is 5.96. The summed E-state index contributed by atoms with van der Waals surface area (Å²) in [6.07, 6.45) is -0.476. The van der Waals surface area contributed by atoms with Crippen molar-refractivity contribution in [2.75, 3.05) is 20.2 Å². The molecule has 2 nitrogen and oxygen atoms in total. The molecule has 0 saturated heterocycles. The zero-order valence-electron chi connectivity index (χ0n) is 11.1. The van der Waals surface area contributed by atoms with Crippen molar-refractivity contribution in [1.82, 2.24) is 5.32 Å². The van der Waals surface area contributed by atoms with E-state index in [1.54, 1.807) is 6.07 Å². The Morgan fingerprint density at radius 1 is 1.05 bits per heavy atom. The quantitative estimate of drug-likeness (QED) is 0.727. The van der Waals surface area contributed by atoms with Crippen LogP contribution in [0.5, 0.6) is 5.75 Å². The van der Waals surface area contributed by atoms with Crippen molar-refractivity contribution in [2.24, 2.45) is 0 Å². The monoisotopic (exact) mass is 275 g/mol. The molecule has 108 valence electrons. The maximum absolute atomic E-state index is 12.7. The molecule has 0 radical (unpaired) electrons. The highest BCUT2D eigenvalue weighted by Crippen LogP contribution is 2.35. The molecule has 0 aromatic heterocycles. The van der Waals surface area contributed by atoms with Crippen molar-refractivity contribution in [2.45, 2.75) is 31.9 Å². The number of halogens is 3. The van der Waals surface area contributed by atoms with Crippen LogP contribution in [0.2, 0.25) is 0 Å². The SMILES string of the molecule is CNCCCCCCOc1ccccc1C(F)(F)F. The van der Waals surface area contributed by atoms with E-state index in [0.29, 0.717) is 6.61 Å². The lowest BCUT2D eigenvalue weighted by molar-refractivity contribution is -0.138. The molecule has 5 heteroatoms. The highest BCUT2D eigenvalue weighted by atomic mass is 19.4. The minimum absolute atomic E-state index is 0.0785. The first-order valence-electron chi connectivity index (χ1n) is 6.49. The second kappa shape index (κ2) is 8.04. The Labute approximate surface area is 112 Å². The normalized spacial score (nSPS) is 11.6. The van der Waals surface area contributed by atoms with E-state index in [1.807, 2.05) is 7.05 Å². The molecule has 19 heavy (non-hydrogen) atoms. The molecule has 0 atom stereocenters. The molecule has 0 bridgehead atoms. The molecule has 1 aromatic carbocycles. The number of hydrogen-bond acceptors (Lipinski definition) is 2. The fourth-order valence-corrected chi connectivity index (χ4v) is 1.77. The Balaban J connectivity index is 2.33. The number of hydrogen-bond donors (Lipinski definition) is 1. The van der Waals surface area contributed by atoms with Gasteiger partial charge in [0.1, 0.15) is 5.75 Å². The molecule has 1 N–H and O–H groups in total. The standard InChI is InChI=1S/C14H20F3NO/c1-18-10-6-2-3-7-11-19-13-9-5-4-8-12(13)14(15,16)17/h4-5,8-9,18H,2-3,6-7,10-11H2,1H3. The lowest BCUT2D eigenvalue weighted by Crippen LogP contribution is -2.09. The lowest BCUT2D eigenvalue weighted by Gasteiger charge is -2.13. The van der Waals surface area contributed by atoms with Crippen LogP contribution in [0.3, 0.4) is 0 Å². The molecule has 0 heterocycles. The van der Waals surface area contributed by atoms with E-state index < -0.39 is 11.7 Å². The van der Waals surface area contributed by atoms with Gasteiger partial charge in [0.2, 0.25) is 0 Å². The van der Waals surface area contributed by atoms with E-state index in [1.165, 1.54) is 12.1 Å².